The van der Waals surface area contributed by atoms with Gasteiger partial charge in [0.2, 0.25) is 0 Å². The molecule has 1 aromatic carbocycles. The van der Waals surface area contributed by atoms with E-state index in [4.69, 9.17) is 9.47 Å². The summed E-state index contributed by atoms with van der Waals surface area (Å²) in [7, 11) is 0. The molecule has 118 valence electrons. The molecule has 0 unspecified atom stereocenters. The van der Waals surface area contributed by atoms with E-state index in [1.54, 1.807) is 0 Å². The van der Waals surface area contributed by atoms with E-state index < -0.39 is 5.79 Å². The Morgan fingerprint density at radius 2 is 1.48 bits per heavy atom. The predicted molar refractivity (Wildman–Crippen MR) is 87.3 cm³/mol. The Kier molecular flexibility index (Phi) is 7.25. The molecule has 1 aromatic rings. The summed E-state index contributed by atoms with van der Waals surface area (Å²) in [5.41, 5.74) is 1.18. The van der Waals surface area contributed by atoms with Crippen LogP contribution in [0.25, 0.3) is 0 Å². The van der Waals surface area contributed by atoms with E-state index in [-0.39, 0.29) is 0 Å². The fourth-order valence-electron chi connectivity index (χ4n) is 3.01. The van der Waals surface area contributed by atoms with Crippen LogP contribution in [0.2, 0.25) is 0 Å². The Bertz CT molecular complexity index is 366. The quantitative estimate of drug-likeness (QED) is 0.595. The van der Waals surface area contributed by atoms with Crippen molar-refractivity contribution in [1.82, 2.24) is 0 Å². The van der Waals surface area contributed by atoms with Gasteiger partial charge in [0.05, 0.1) is 13.2 Å². The minimum absolute atomic E-state index is 0.498. The topological polar surface area (TPSA) is 18.5 Å². The van der Waals surface area contributed by atoms with Crippen LogP contribution in [0.15, 0.2) is 30.3 Å². The van der Waals surface area contributed by atoms with Gasteiger partial charge in [0.25, 0.3) is 0 Å². The van der Waals surface area contributed by atoms with E-state index in [0.717, 1.165) is 32.5 Å². The van der Waals surface area contributed by atoms with E-state index >= 15 is 0 Å². The van der Waals surface area contributed by atoms with Gasteiger partial charge in [0.15, 0.2) is 5.79 Å². The number of rotatable bonds is 8. The average Bonchev–Trinajstić information content (AvgIpc) is 2.78. The molecule has 2 rings (SSSR count). The maximum absolute atomic E-state index is 6.18. The number of ether oxygens (including phenoxy) is 2. The highest BCUT2D eigenvalue weighted by Gasteiger charge is 2.34. The van der Waals surface area contributed by atoms with Crippen molar-refractivity contribution < 1.29 is 9.47 Å². The Hall–Kier alpha value is -0.860. The molecule has 1 aliphatic rings. The maximum atomic E-state index is 6.18. The minimum Gasteiger partial charge on any atom is -0.346 e. The van der Waals surface area contributed by atoms with Gasteiger partial charge in [-0.15, -0.1) is 0 Å². The van der Waals surface area contributed by atoms with Crippen LogP contribution >= 0.6 is 0 Å². The van der Waals surface area contributed by atoms with E-state index in [1.165, 1.54) is 44.1 Å². The molecular formula is C19H30O2. The Balaban J connectivity index is 1.93. The van der Waals surface area contributed by atoms with Gasteiger partial charge in [0.1, 0.15) is 0 Å². The van der Waals surface area contributed by atoms with Crippen LogP contribution in [0.3, 0.4) is 0 Å². The SMILES string of the molecule is CCCCCCCCC1(c2ccccc2)OCCCCO1. The standard InChI is InChI=1S/C19H30O2/c1-2-3-4-5-6-10-15-19(18-13-8-7-9-14-18)20-16-11-12-17-21-19/h7-9,13-14H,2-6,10-12,15-17H2,1H3. The van der Waals surface area contributed by atoms with E-state index in [2.05, 4.69) is 37.3 Å². The van der Waals surface area contributed by atoms with Crippen molar-refractivity contribution in [3.05, 3.63) is 35.9 Å². The summed E-state index contributed by atoms with van der Waals surface area (Å²) in [6.45, 7) is 3.88. The van der Waals surface area contributed by atoms with Crippen LogP contribution in [0.5, 0.6) is 0 Å². The highest BCUT2D eigenvalue weighted by Crippen LogP contribution is 2.35. The van der Waals surface area contributed by atoms with Crippen LogP contribution in [0.4, 0.5) is 0 Å². The summed E-state index contributed by atoms with van der Waals surface area (Å²) in [6, 6.07) is 10.5. The fraction of sp³-hybridized carbons (Fsp3) is 0.684. The minimum atomic E-state index is -0.498. The second-order valence-electron chi connectivity index (χ2n) is 6.04. The average molecular weight is 290 g/mol. The Labute approximate surface area is 129 Å². The smallest absolute Gasteiger partial charge is 0.194 e. The molecular weight excluding hydrogens is 260 g/mol. The number of unbranched alkanes of at least 4 members (excludes halogenated alkanes) is 5. The second kappa shape index (κ2) is 9.22. The van der Waals surface area contributed by atoms with Crippen molar-refractivity contribution in [2.24, 2.45) is 0 Å². The normalized spacial score (nSPS) is 18.3. The molecule has 0 bridgehead atoms. The lowest BCUT2D eigenvalue weighted by molar-refractivity contribution is -0.239. The van der Waals surface area contributed by atoms with Gasteiger partial charge < -0.3 is 9.47 Å². The van der Waals surface area contributed by atoms with Gasteiger partial charge in [0, 0.05) is 12.0 Å². The highest BCUT2D eigenvalue weighted by molar-refractivity contribution is 5.20. The molecule has 0 N–H and O–H groups in total. The van der Waals surface area contributed by atoms with Gasteiger partial charge in [-0.05, 0) is 19.3 Å². The van der Waals surface area contributed by atoms with Gasteiger partial charge in [-0.3, -0.25) is 0 Å². The van der Waals surface area contributed by atoms with E-state index in [0.29, 0.717) is 0 Å². The summed E-state index contributed by atoms with van der Waals surface area (Å²) in [6.07, 6.45) is 11.0. The molecule has 0 amide bonds. The third-order valence-corrected chi connectivity index (χ3v) is 4.28. The van der Waals surface area contributed by atoms with Crippen molar-refractivity contribution in [1.29, 1.82) is 0 Å². The molecule has 0 aliphatic carbocycles. The highest BCUT2D eigenvalue weighted by atomic mass is 16.7. The van der Waals surface area contributed by atoms with Gasteiger partial charge >= 0.3 is 0 Å². The molecule has 2 nitrogen and oxygen atoms in total. The first-order valence-corrected chi connectivity index (χ1v) is 8.71. The van der Waals surface area contributed by atoms with Crippen LogP contribution in [-0.2, 0) is 15.3 Å². The first-order valence-electron chi connectivity index (χ1n) is 8.71. The molecule has 1 saturated heterocycles. The first-order chi connectivity index (χ1) is 10.4. The number of hydrogen-bond acceptors (Lipinski definition) is 2. The monoisotopic (exact) mass is 290 g/mol. The van der Waals surface area contributed by atoms with Gasteiger partial charge in [-0.2, -0.15) is 0 Å². The van der Waals surface area contributed by atoms with Crippen LogP contribution < -0.4 is 0 Å². The predicted octanol–water partition coefficient (Wildman–Crippen LogP) is 5.42. The lowest BCUT2D eigenvalue weighted by atomic mass is 9.98. The lowest BCUT2D eigenvalue weighted by Gasteiger charge is -2.33. The van der Waals surface area contributed by atoms with Crippen molar-refractivity contribution >= 4 is 0 Å². The van der Waals surface area contributed by atoms with Crippen molar-refractivity contribution in [3.63, 3.8) is 0 Å². The molecule has 21 heavy (non-hydrogen) atoms. The molecule has 0 saturated carbocycles. The molecule has 1 fully saturated rings. The molecule has 0 radical (unpaired) electrons. The fourth-order valence-corrected chi connectivity index (χ4v) is 3.01. The molecule has 1 heterocycles. The molecule has 0 atom stereocenters. The number of benzene rings is 1. The zero-order valence-electron chi connectivity index (χ0n) is 13.5. The summed E-state index contributed by atoms with van der Waals surface area (Å²) in [4.78, 5) is 0. The summed E-state index contributed by atoms with van der Waals surface area (Å²) in [5.74, 6) is -0.498. The summed E-state index contributed by atoms with van der Waals surface area (Å²) >= 11 is 0. The molecule has 0 aromatic heterocycles. The Morgan fingerprint density at radius 1 is 0.857 bits per heavy atom. The Morgan fingerprint density at radius 3 is 2.14 bits per heavy atom. The van der Waals surface area contributed by atoms with Gasteiger partial charge in [-0.25, -0.2) is 0 Å². The van der Waals surface area contributed by atoms with E-state index in [1.807, 2.05) is 0 Å². The number of hydrogen-bond donors (Lipinski definition) is 0. The third kappa shape index (κ3) is 5.12. The zero-order chi connectivity index (χ0) is 14.8. The maximum Gasteiger partial charge on any atom is 0.194 e. The van der Waals surface area contributed by atoms with Crippen molar-refractivity contribution in [3.8, 4) is 0 Å². The summed E-state index contributed by atoms with van der Waals surface area (Å²) < 4.78 is 12.4. The largest absolute Gasteiger partial charge is 0.346 e. The molecule has 1 aliphatic heterocycles. The van der Waals surface area contributed by atoms with Crippen molar-refractivity contribution in [2.75, 3.05) is 13.2 Å². The van der Waals surface area contributed by atoms with E-state index in [9.17, 15) is 0 Å². The zero-order valence-corrected chi connectivity index (χ0v) is 13.5. The molecule has 2 heteroatoms. The van der Waals surface area contributed by atoms with Gasteiger partial charge in [-0.1, -0.05) is 69.4 Å². The third-order valence-electron chi connectivity index (χ3n) is 4.28. The lowest BCUT2D eigenvalue weighted by Crippen LogP contribution is -2.32. The van der Waals surface area contributed by atoms with Crippen molar-refractivity contribution in [2.45, 2.75) is 70.5 Å². The van der Waals surface area contributed by atoms with Crippen LogP contribution in [0.1, 0.15) is 70.3 Å². The first kappa shape index (κ1) is 16.5. The summed E-state index contributed by atoms with van der Waals surface area (Å²) in [5, 5.41) is 0. The van der Waals surface area contributed by atoms with Crippen LogP contribution in [-0.4, -0.2) is 13.2 Å². The van der Waals surface area contributed by atoms with Crippen LogP contribution in [0, 0.1) is 0 Å². The second-order valence-corrected chi connectivity index (χ2v) is 6.04. The molecule has 0 spiro atoms.